The lowest BCUT2D eigenvalue weighted by Crippen LogP contribution is -2.31. The third-order valence-corrected chi connectivity index (χ3v) is 5.13. The Labute approximate surface area is 133 Å². The van der Waals surface area contributed by atoms with Crippen molar-refractivity contribution in [3.63, 3.8) is 0 Å². The van der Waals surface area contributed by atoms with Gasteiger partial charge in [-0.2, -0.15) is 0 Å². The molecule has 3 heteroatoms. The lowest BCUT2D eigenvalue weighted by atomic mass is 9.92. The highest BCUT2D eigenvalue weighted by Gasteiger charge is 2.20. The van der Waals surface area contributed by atoms with Crippen molar-refractivity contribution in [3.05, 3.63) is 69.8 Å². The number of carbonyl (C=O) groups is 1. The van der Waals surface area contributed by atoms with Crippen molar-refractivity contribution in [1.29, 1.82) is 0 Å². The average molecular weight is 344 g/mol. The van der Waals surface area contributed by atoms with Crippen molar-refractivity contribution in [2.45, 2.75) is 25.1 Å². The largest absolute Gasteiger partial charge is 0.352 e. The maximum Gasteiger partial charge on any atom is 0.251 e. The molecule has 1 amide bonds. The Morgan fingerprint density at radius 1 is 1.14 bits per heavy atom. The summed E-state index contributed by atoms with van der Waals surface area (Å²) in [5.74, 6) is 0.0410. The van der Waals surface area contributed by atoms with Gasteiger partial charge in [0, 0.05) is 12.1 Å². The Kier molecular flexibility index (Phi) is 3.85. The first-order chi connectivity index (χ1) is 10.1. The summed E-state index contributed by atoms with van der Waals surface area (Å²) >= 11 is 3.81. The molecule has 0 bridgehead atoms. The van der Waals surface area contributed by atoms with Gasteiger partial charge in [0.1, 0.15) is 0 Å². The quantitative estimate of drug-likeness (QED) is 0.818. The van der Waals surface area contributed by atoms with E-state index in [4.69, 9.17) is 0 Å². The van der Waals surface area contributed by atoms with Crippen molar-refractivity contribution in [2.75, 3.05) is 6.54 Å². The van der Waals surface area contributed by atoms with E-state index in [2.05, 4.69) is 65.4 Å². The molecule has 2 aromatic carbocycles. The van der Waals surface area contributed by atoms with Crippen LogP contribution in [0.5, 0.6) is 0 Å². The molecule has 21 heavy (non-hydrogen) atoms. The predicted molar refractivity (Wildman–Crippen MR) is 89.2 cm³/mol. The molecule has 3 rings (SSSR count). The maximum absolute atomic E-state index is 12.0. The predicted octanol–water partition coefficient (Wildman–Crippen LogP) is 4.07. The Hall–Kier alpha value is -1.61. The first-order valence-corrected chi connectivity index (χ1v) is 8.10. The van der Waals surface area contributed by atoms with Crippen LogP contribution in [0.15, 0.2) is 36.4 Å². The zero-order valence-corrected chi connectivity index (χ0v) is 13.8. The van der Waals surface area contributed by atoms with Gasteiger partial charge < -0.3 is 5.32 Å². The van der Waals surface area contributed by atoms with Crippen molar-refractivity contribution in [3.8, 4) is 0 Å². The van der Waals surface area contributed by atoms with E-state index in [9.17, 15) is 4.79 Å². The van der Waals surface area contributed by atoms with Crippen LogP contribution >= 0.6 is 15.9 Å². The number of halogens is 1. The average Bonchev–Trinajstić information content (AvgIpc) is 2.47. The molecule has 0 spiro atoms. The van der Waals surface area contributed by atoms with Gasteiger partial charge in [-0.25, -0.2) is 0 Å². The van der Waals surface area contributed by atoms with Gasteiger partial charge in [-0.15, -0.1) is 0 Å². The topological polar surface area (TPSA) is 29.1 Å². The number of amides is 1. The number of hydrogen-bond acceptors (Lipinski definition) is 1. The van der Waals surface area contributed by atoms with Crippen molar-refractivity contribution >= 4 is 21.8 Å². The second-order valence-corrected chi connectivity index (χ2v) is 6.51. The summed E-state index contributed by atoms with van der Waals surface area (Å²) in [6.07, 6.45) is 0.914. The first-order valence-electron chi connectivity index (χ1n) is 7.19. The summed E-state index contributed by atoms with van der Waals surface area (Å²) in [4.78, 5) is 12.1. The van der Waals surface area contributed by atoms with Crippen LogP contribution < -0.4 is 5.32 Å². The molecule has 1 unspecified atom stereocenters. The molecule has 0 saturated heterocycles. The number of nitrogens with one attached hydrogen (secondary N) is 1. The summed E-state index contributed by atoms with van der Waals surface area (Å²) in [6, 6.07) is 12.6. The van der Waals surface area contributed by atoms with Crippen molar-refractivity contribution in [2.24, 2.45) is 0 Å². The number of aryl methyl sites for hydroxylation is 2. The van der Waals surface area contributed by atoms with E-state index in [-0.39, 0.29) is 10.7 Å². The second-order valence-electron chi connectivity index (χ2n) is 5.59. The van der Waals surface area contributed by atoms with Crippen LogP contribution in [0.25, 0.3) is 0 Å². The number of alkyl halides is 1. The van der Waals surface area contributed by atoms with Gasteiger partial charge in [0.2, 0.25) is 0 Å². The normalized spacial score (nSPS) is 15.3. The monoisotopic (exact) mass is 343 g/mol. The van der Waals surface area contributed by atoms with Crippen molar-refractivity contribution in [1.82, 2.24) is 5.32 Å². The van der Waals surface area contributed by atoms with Gasteiger partial charge in [0.05, 0.1) is 4.83 Å². The molecule has 2 aromatic rings. The minimum atomic E-state index is 0.0410. The van der Waals surface area contributed by atoms with Crippen LogP contribution in [0.4, 0.5) is 0 Å². The Balaban J connectivity index is 2.05. The number of rotatable bonds is 2. The highest BCUT2D eigenvalue weighted by Crippen LogP contribution is 2.36. The molecule has 1 aliphatic rings. The molecule has 1 atom stereocenters. The molecule has 1 heterocycles. The SMILES string of the molecule is Cc1cccc(C)c1C(Br)c1ccc2c(c1)C(=O)NCC2. The van der Waals surface area contributed by atoms with Crippen LogP contribution in [0.2, 0.25) is 0 Å². The Bertz CT molecular complexity index is 688. The fourth-order valence-corrected chi connectivity index (χ4v) is 3.99. The van der Waals surface area contributed by atoms with Crippen molar-refractivity contribution < 1.29 is 4.79 Å². The molecule has 2 nitrogen and oxygen atoms in total. The molecule has 0 aromatic heterocycles. The van der Waals surface area contributed by atoms with Gasteiger partial charge in [0.15, 0.2) is 0 Å². The molecular formula is C18H18BrNO. The first kappa shape index (κ1) is 14.3. The zero-order chi connectivity index (χ0) is 15.0. The highest BCUT2D eigenvalue weighted by molar-refractivity contribution is 9.09. The van der Waals surface area contributed by atoms with E-state index in [0.29, 0.717) is 0 Å². The lowest BCUT2D eigenvalue weighted by Gasteiger charge is -2.20. The van der Waals surface area contributed by atoms with Gasteiger partial charge in [-0.3, -0.25) is 4.79 Å². The minimum absolute atomic E-state index is 0.0410. The minimum Gasteiger partial charge on any atom is -0.352 e. The van der Waals surface area contributed by atoms with Crippen LogP contribution in [-0.2, 0) is 6.42 Å². The smallest absolute Gasteiger partial charge is 0.251 e. The molecule has 108 valence electrons. The molecule has 1 aliphatic heterocycles. The summed E-state index contributed by atoms with van der Waals surface area (Å²) in [6.45, 7) is 4.99. The molecule has 0 aliphatic carbocycles. The number of carbonyl (C=O) groups excluding carboxylic acids is 1. The molecular weight excluding hydrogens is 326 g/mol. The fraction of sp³-hybridized carbons (Fsp3) is 0.278. The third-order valence-electron chi connectivity index (χ3n) is 4.15. The Morgan fingerprint density at radius 3 is 2.57 bits per heavy atom. The highest BCUT2D eigenvalue weighted by atomic mass is 79.9. The van der Waals surface area contributed by atoms with Gasteiger partial charge in [-0.1, -0.05) is 46.3 Å². The van der Waals surface area contributed by atoms with E-state index in [0.717, 1.165) is 29.7 Å². The molecule has 0 fully saturated rings. The van der Waals surface area contributed by atoms with Crippen LogP contribution in [0.1, 0.15) is 43.0 Å². The summed E-state index contributed by atoms with van der Waals surface area (Å²) in [5, 5.41) is 2.91. The summed E-state index contributed by atoms with van der Waals surface area (Å²) in [7, 11) is 0. The zero-order valence-electron chi connectivity index (χ0n) is 12.2. The maximum atomic E-state index is 12.0. The Morgan fingerprint density at radius 2 is 1.86 bits per heavy atom. The number of benzene rings is 2. The van der Waals surface area contributed by atoms with Crippen LogP contribution in [0.3, 0.4) is 0 Å². The van der Waals surface area contributed by atoms with E-state index in [1.165, 1.54) is 16.7 Å². The van der Waals surface area contributed by atoms with E-state index in [1.807, 2.05) is 6.07 Å². The van der Waals surface area contributed by atoms with E-state index >= 15 is 0 Å². The summed E-state index contributed by atoms with van der Waals surface area (Å²) in [5.41, 5.74) is 6.90. The second kappa shape index (κ2) is 5.64. The summed E-state index contributed by atoms with van der Waals surface area (Å²) < 4.78 is 0. The van der Waals surface area contributed by atoms with Gasteiger partial charge in [0.25, 0.3) is 5.91 Å². The molecule has 0 saturated carbocycles. The standard InChI is InChI=1S/C18H18BrNO/c1-11-4-3-5-12(2)16(11)17(19)14-7-6-13-8-9-20-18(21)15(13)10-14/h3-7,10,17H,8-9H2,1-2H3,(H,20,21). The van der Waals surface area contributed by atoms with Crippen LogP contribution in [0, 0.1) is 13.8 Å². The number of fused-ring (bicyclic) bond motifs is 1. The van der Waals surface area contributed by atoms with E-state index in [1.54, 1.807) is 0 Å². The van der Waals surface area contributed by atoms with Crippen LogP contribution in [-0.4, -0.2) is 12.5 Å². The van der Waals surface area contributed by atoms with E-state index < -0.39 is 0 Å². The molecule has 0 radical (unpaired) electrons. The lowest BCUT2D eigenvalue weighted by molar-refractivity contribution is 0.0946. The third kappa shape index (κ3) is 2.62. The fourth-order valence-electron chi connectivity index (χ4n) is 2.98. The number of hydrogen-bond donors (Lipinski definition) is 1. The van der Waals surface area contributed by atoms with Gasteiger partial charge >= 0.3 is 0 Å². The van der Waals surface area contributed by atoms with Gasteiger partial charge in [-0.05, 0) is 54.2 Å². The molecule has 1 N–H and O–H groups in total.